The smallest absolute Gasteiger partial charge is 0.247 e. The average Bonchev–Trinajstić information content (AvgIpc) is 2.93. The van der Waals surface area contributed by atoms with E-state index < -0.39 is 56.1 Å². The number of aromatic nitrogens is 1. The van der Waals surface area contributed by atoms with E-state index in [1.54, 1.807) is 24.3 Å². The second-order valence-corrected chi connectivity index (χ2v) is 11.2. The number of piperidine rings is 3. The molecule has 5 atom stereocenters. The molecule has 3 aromatic rings. The molecule has 0 saturated carbocycles. The molecule has 3 aliphatic heterocycles. The summed E-state index contributed by atoms with van der Waals surface area (Å²) in [6.45, 7) is 5.12. The van der Waals surface area contributed by atoms with E-state index >= 15 is 0 Å². The Morgan fingerprint density at radius 3 is 2.39 bits per heavy atom. The van der Waals surface area contributed by atoms with Crippen molar-refractivity contribution in [2.24, 2.45) is 11.8 Å². The van der Waals surface area contributed by atoms with Crippen molar-refractivity contribution in [3.05, 3.63) is 77.8 Å². The second kappa shape index (κ2) is 9.90. The summed E-state index contributed by atoms with van der Waals surface area (Å²) in [5, 5.41) is 0.514. The fraction of sp³-hybridized carbons (Fsp3) is 0.346. The minimum Gasteiger partial charge on any atom is -0.497 e. The third kappa shape index (κ3) is 4.34. The highest BCUT2D eigenvalue weighted by molar-refractivity contribution is 7.89. The number of hydrogen-bond donors (Lipinski definition) is 1. The van der Waals surface area contributed by atoms with Gasteiger partial charge in [0.2, 0.25) is 15.8 Å². The van der Waals surface area contributed by atoms with Gasteiger partial charge in [-0.2, -0.15) is 0 Å². The van der Waals surface area contributed by atoms with Gasteiger partial charge >= 0.3 is 0 Å². The maximum atomic E-state index is 14.6. The molecule has 38 heavy (non-hydrogen) atoms. The van der Waals surface area contributed by atoms with Gasteiger partial charge in [-0.25, -0.2) is 35.1 Å². The summed E-state index contributed by atoms with van der Waals surface area (Å²) in [5.41, 5.74) is 0.928. The topological polar surface area (TPSA) is 71.5 Å². The number of halogens is 5. The molecule has 4 heterocycles. The Bertz CT molecular complexity index is 1510. The Hall–Kier alpha value is -3.09. The predicted octanol–water partition coefficient (Wildman–Crippen LogP) is 4.85. The molecule has 202 valence electrons. The lowest BCUT2D eigenvalue weighted by Crippen LogP contribution is -2.57. The summed E-state index contributed by atoms with van der Waals surface area (Å²) in [6, 6.07) is 4.99. The quantitative estimate of drug-likeness (QED) is 0.196. The van der Waals surface area contributed by atoms with Gasteiger partial charge in [0, 0.05) is 24.2 Å². The highest BCUT2D eigenvalue weighted by Gasteiger charge is 2.45. The second-order valence-electron chi connectivity index (χ2n) is 9.53. The fourth-order valence-corrected chi connectivity index (χ4v) is 7.05. The van der Waals surface area contributed by atoms with E-state index in [0.29, 0.717) is 41.7 Å². The van der Waals surface area contributed by atoms with E-state index in [1.807, 2.05) is 6.08 Å². The van der Waals surface area contributed by atoms with Crippen LogP contribution in [0.5, 0.6) is 5.75 Å². The monoisotopic (exact) mass is 553 g/mol. The van der Waals surface area contributed by atoms with Crippen molar-refractivity contribution in [2.45, 2.75) is 29.8 Å². The van der Waals surface area contributed by atoms with Crippen LogP contribution in [-0.2, 0) is 10.0 Å². The largest absolute Gasteiger partial charge is 0.497 e. The predicted molar refractivity (Wildman–Crippen MR) is 129 cm³/mol. The third-order valence-corrected chi connectivity index (χ3v) is 9.04. The molecule has 0 spiro atoms. The standard InChI is InChI=1S/C26H24F5N3O3S/c1-3-13-12-34-9-7-14(13)10-19(34)25(16-6-8-32-18-5-4-15(37-2)11-17(16)18)33-38(35,36)26-23(30)21(28)20(27)22(29)24(26)31/h3-6,8,11,13-14,19,25,33H,1,7,9-10,12H2,2H3/t13-,14+,19+,25+/m1/s1. The molecule has 3 saturated heterocycles. The number of fused-ring (bicyclic) bond motifs is 4. The first-order valence-corrected chi connectivity index (χ1v) is 13.4. The van der Waals surface area contributed by atoms with Crippen LogP contribution in [0.15, 0.2) is 48.0 Å². The van der Waals surface area contributed by atoms with Gasteiger partial charge in [0.1, 0.15) is 5.75 Å². The summed E-state index contributed by atoms with van der Waals surface area (Å²) < 4.78 is 105. The Labute approximate surface area is 216 Å². The molecule has 0 aliphatic carbocycles. The Morgan fingerprint density at radius 2 is 1.79 bits per heavy atom. The Kier molecular flexibility index (Phi) is 6.91. The zero-order chi connectivity index (χ0) is 27.4. The summed E-state index contributed by atoms with van der Waals surface area (Å²) in [4.78, 5) is 4.45. The first-order valence-electron chi connectivity index (χ1n) is 11.9. The average molecular weight is 554 g/mol. The van der Waals surface area contributed by atoms with Gasteiger partial charge < -0.3 is 4.74 Å². The van der Waals surface area contributed by atoms with E-state index in [1.165, 1.54) is 13.3 Å². The summed E-state index contributed by atoms with van der Waals surface area (Å²) in [5.74, 6) is -11.1. The molecule has 12 heteroatoms. The molecule has 2 aromatic carbocycles. The van der Waals surface area contributed by atoms with Crippen LogP contribution < -0.4 is 9.46 Å². The molecule has 1 N–H and O–H groups in total. The number of pyridine rings is 1. The van der Waals surface area contributed by atoms with Crippen LogP contribution in [0.2, 0.25) is 0 Å². The maximum absolute atomic E-state index is 14.6. The van der Waals surface area contributed by atoms with Gasteiger partial charge in [0.05, 0.1) is 18.7 Å². The van der Waals surface area contributed by atoms with Crippen LogP contribution in [0.4, 0.5) is 22.0 Å². The molecular formula is C26H24F5N3O3S. The number of methoxy groups -OCH3 is 1. The number of sulfonamides is 1. The normalized spacial score (nSPS) is 23.9. The zero-order valence-electron chi connectivity index (χ0n) is 20.2. The van der Waals surface area contributed by atoms with Gasteiger partial charge in [-0.15, -0.1) is 6.58 Å². The molecular weight excluding hydrogens is 529 g/mol. The van der Waals surface area contributed by atoms with Gasteiger partial charge in [0.25, 0.3) is 0 Å². The van der Waals surface area contributed by atoms with Crippen molar-refractivity contribution >= 4 is 20.9 Å². The first kappa shape index (κ1) is 26.5. The Balaban J connectivity index is 1.67. The van der Waals surface area contributed by atoms with Crippen molar-refractivity contribution in [2.75, 3.05) is 20.2 Å². The summed E-state index contributed by atoms with van der Waals surface area (Å²) in [7, 11) is -3.79. The van der Waals surface area contributed by atoms with E-state index in [9.17, 15) is 30.4 Å². The van der Waals surface area contributed by atoms with Crippen molar-refractivity contribution in [1.29, 1.82) is 0 Å². The first-order chi connectivity index (χ1) is 18.1. The number of rotatable bonds is 7. The number of nitrogens with one attached hydrogen (secondary N) is 1. The molecule has 0 amide bonds. The maximum Gasteiger partial charge on any atom is 0.247 e. The van der Waals surface area contributed by atoms with Gasteiger partial charge in [0.15, 0.2) is 28.2 Å². The van der Waals surface area contributed by atoms with E-state index in [2.05, 4.69) is 21.2 Å². The number of benzene rings is 2. The molecule has 3 aliphatic rings. The third-order valence-electron chi connectivity index (χ3n) is 7.58. The van der Waals surface area contributed by atoms with Gasteiger partial charge in [-0.1, -0.05) is 6.08 Å². The van der Waals surface area contributed by atoms with Crippen molar-refractivity contribution in [3.8, 4) is 5.75 Å². The van der Waals surface area contributed by atoms with Gasteiger partial charge in [-0.05, 0) is 61.1 Å². The van der Waals surface area contributed by atoms with Crippen LogP contribution in [0, 0.1) is 40.9 Å². The summed E-state index contributed by atoms with van der Waals surface area (Å²) in [6.07, 6.45) is 4.70. The van der Waals surface area contributed by atoms with E-state index in [-0.39, 0.29) is 11.8 Å². The fourth-order valence-electron chi connectivity index (χ4n) is 5.66. The van der Waals surface area contributed by atoms with E-state index in [4.69, 9.17) is 4.74 Å². The number of nitrogens with zero attached hydrogens (tertiary/aromatic N) is 2. The minimum atomic E-state index is -5.25. The SMILES string of the molecule is C=C[C@@H]1CN2CC[C@H]1C[C@H]2[C@@H](NS(=O)(=O)c1c(F)c(F)c(F)c(F)c1F)c1ccnc2ccc(OC)cc12. The number of hydrogen-bond acceptors (Lipinski definition) is 5. The molecule has 0 radical (unpaired) electrons. The molecule has 6 rings (SSSR count). The van der Waals surface area contributed by atoms with Crippen LogP contribution in [0.25, 0.3) is 10.9 Å². The van der Waals surface area contributed by atoms with Gasteiger partial charge in [-0.3, -0.25) is 9.88 Å². The highest BCUT2D eigenvalue weighted by Crippen LogP contribution is 2.43. The lowest BCUT2D eigenvalue weighted by atomic mass is 9.73. The Morgan fingerprint density at radius 1 is 1.11 bits per heavy atom. The van der Waals surface area contributed by atoms with Crippen molar-refractivity contribution in [3.63, 3.8) is 0 Å². The lowest BCUT2D eigenvalue weighted by Gasteiger charge is -2.51. The van der Waals surface area contributed by atoms with E-state index in [0.717, 1.165) is 6.42 Å². The van der Waals surface area contributed by atoms with Crippen LogP contribution >= 0.6 is 0 Å². The zero-order valence-corrected chi connectivity index (χ0v) is 21.0. The van der Waals surface area contributed by atoms with Crippen molar-refractivity contribution in [1.82, 2.24) is 14.6 Å². The summed E-state index contributed by atoms with van der Waals surface area (Å²) >= 11 is 0. The van der Waals surface area contributed by atoms with Crippen LogP contribution in [0.3, 0.4) is 0 Å². The minimum absolute atomic E-state index is 0.182. The lowest BCUT2D eigenvalue weighted by molar-refractivity contribution is 0.00488. The molecule has 1 unspecified atom stereocenters. The molecule has 1 aromatic heterocycles. The van der Waals surface area contributed by atoms with Crippen molar-refractivity contribution < 1.29 is 35.1 Å². The van der Waals surface area contributed by atoms with Crippen LogP contribution in [0.1, 0.15) is 24.4 Å². The van der Waals surface area contributed by atoms with Crippen LogP contribution in [-0.4, -0.2) is 44.5 Å². The number of ether oxygens (including phenoxy) is 1. The molecule has 2 bridgehead atoms. The highest BCUT2D eigenvalue weighted by atomic mass is 32.2. The molecule has 6 nitrogen and oxygen atoms in total. The molecule has 3 fully saturated rings.